The van der Waals surface area contributed by atoms with E-state index in [9.17, 15) is 9.59 Å². The lowest BCUT2D eigenvalue weighted by Crippen LogP contribution is -2.39. The lowest BCUT2D eigenvalue weighted by atomic mass is 9.93. The molecule has 0 saturated carbocycles. The molecule has 0 aromatic carbocycles. The quantitative estimate of drug-likeness (QED) is 0.146. The first-order chi connectivity index (χ1) is 11.7. The third kappa shape index (κ3) is 10.4. The monoisotopic (exact) mass is 372 g/mol. The summed E-state index contributed by atoms with van der Waals surface area (Å²) in [5, 5.41) is 69.0. The molecule has 8 N–H and O–H groups in total. The molecule has 0 aliphatic rings. The normalized spacial score (nSPS) is 11.6. The fraction of sp³-hybridized carbons (Fsp3) is 0.857. The summed E-state index contributed by atoms with van der Waals surface area (Å²) in [4.78, 5) is 21.1. The van der Waals surface area contributed by atoms with Crippen molar-refractivity contribution < 1.29 is 55.2 Å². The van der Waals surface area contributed by atoms with Crippen molar-refractivity contribution in [1.82, 2.24) is 0 Å². The molecule has 0 spiro atoms. The number of hydrogen-bond donors (Lipinski definition) is 8. The second kappa shape index (κ2) is 14.0. The van der Waals surface area contributed by atoms with Crippen LogP contribution >= 0.6 is 0 Å². The predicted molar refractivity (Wildman–Crippen MR) is 82.5 cm³/mol. The summed E-state index contributed by atoms with van der Waals surface area (Å²) in [6, 6.07) is 0. The smallest absolute Gasteiger partial charge is 0.310 e. The van der Waals surface area contributed by atoms with Crippen molar-refractivity contribution in [2.75, 3.05) is 59.5 Å². The van der Waals surface area contributed by atoms with Gasteiger partial charge in [-0.15, -0.1) is 0 Å². The third-order valence-corrected chi connectivity index (χ3v) is 3.37. The summed E-state index contributed by atoms with van der Waals surface area (Å²) < 4.78 is 4.84. The molecule has 0 saturated heterocycles. The van der Waals surface area contributed by atoms with Crippen LogP contribution in [0, 0.1) is 10.8 Å². The number of rotatable bonds is 13. The van der Waals surface area contributed by atoms with Gasteiger partial charge in [-0.25, -0.2) is 0 Å². The molecule has 11 heteroatoms. The minimum absolute atomic E-state index is 0.220. The van der Waals surface area contributed by atoms with Gasteiger partial charge in [-0.1, -0.05) is 0 Å². The van der Waals surface area contributed by atoms with E-state index in [1.54, 1.807) is 0 Å². The Kier molecular flexibility index (Phi) is 14.6. The van der Waals surface area contributed by atoms with E-state index in [0.717, 1.165) is 0 Å². The second-order valence-corrected chi connectivity index (χ2v) is 5.71. The summed E-state index contributed by atoms with van der Waals surface area (Å²) in [5.41, 5.74) is -2.32. The summed E-state index contributed by atoms with van der Waals surface area (Å²) in [6.07, 6.45) is -0.635. The standard InChI is InChI=1S/C9H16O7.C5H12O4/c10-3-9(4-11,5-12)6-16-2-7(13)1-8(14)15;6-1-5(2-7,3-8)4-9/h10-12H,1-6H2,(H,14,15);6-9H,1-4H2. The van der Waals surface area contributed by atoms with Crippen LogP contribution in [-0.2, 0) is 14.3 Å². The molecule has 0 bridgehead atoms. The van der Waals surface area contributed by atoms with Crippen molar-refractivity contribution in [1.29, 1.82) is 0 Å². The molecule has 150 valence electrons. The molecule has 0 aromatic rings. The van der Waals surface area contributed by atoms with Gasteiger partial charge < -0.3 is 45.6 Å². The first-order valence-electron chi connectivity index (χ1n) is 7.31. The van der Waals surface area contributed by atoms with Crippen molar-refractivity contribution in [3.63, 3.8) is 0 Å². The molecule has 0 rings (SSSR count). The zero-order chi connectivity index (χ0) is 19.9. The van der Waals surface area contributed by atoms with Gasteiger partial charge in [0.15, 0.2) is 5.78 Å². The minimum Gasteiger partial charge on any atom is -0.481 e. The fourth-order valence-corrected chi connectivity index (χ4v) is 1.19. The summed E-state index contributed by atoms with van der Waals surface area (Å²) >= 11 is 0. The molecule has 0 fully saturated rings. The SMILES string of the molecule is O=C(O)CC(=O)COCC(CO)(CO)CO.OCC(CO)(CO)CO. The largest absolute Gasteiger partial charge is 0.481 e. The number of ether oxygens (including phenoxy) is 1. The van der Waals surface area contributed by atoms with Crippen LogP contribution in [0.1, 0.15) is 6.42 Å². The first-order valence-corrected chi connectivity index (χ1v) is 7.31. The van der Waals surface area contributed by atoms with Crippen LogP contribution in [0.5, 0.6) is 0 Å². The molecule has 0 aromatic heterocycles. The van der Waals surface area contributed by atoms with Crippen LogP contribution in [-0.4, -0.2) is 112 Å². The Hall–Kier alpha value is -1.18. The number of aliphatic hydroxyl groups is 7. The Morgan fingerprint density at radius 3 is 1.28 bits per heavy atom. The zero-order valence-corrected chi connectivity index (χ0v) is 13.9. The van der Waals surface area contributed by atoms with Crippen LogP contribution in [0.2, 0.25) is 0 Å². The van der Waals surface area contributed by atoms with E-state index in [2.05, 4.69) is 0 Å². The molecular weight excluding hydrogens is 344 g/mol. The van der Waals surface area contributed by atoms with E-state index in [0.29, 0.717) is 0 Å². The number of carboxylic acids is 1. The topological polar surface area (TPSA) is 205 Å². The molecule has 0 aliphatic carbocycles. The number of ketones is 1. The number of carboxylic acid groups (broad SMARTS) is 1. The number of carbonyl (C=O) groups excluding carboxylic acids is 1. The van der Waals surface area contributed by atoms with Gasteiger partial charge in [0.05, 0.1) is 63.7 Å². The van der Waals surface area contributed by atoms with E-state index in [1.165, 1.54) is 0 Å². The van der Waals surface area contributed by atoms with E-state index >= 15 is 0 Å². The van der Waals surface area contributed by atoms with E-state index in [1.807, 2.05) is 0 Å². The zero-order valence-electron chi connectivity index (χ0n) is 13.9. The maximum absolute atomic E-state index is 10.9. The lowest BCUT2D eigenvalue weighted by molar-refractivity contribution is -0.142. The Bertz CT molecular complexity index is 338. The highest BCUT2D eigenvalue weighted by atomic mass is 16.5. The molecule has 11 nitrogen and oxygen atoms in total. The van der Waals surface area contributed by atoms with E-state index in [-0.39, 0.29) is 6.61 Å². The number of hydrogen-bond acceptors (Lipinski definition) is 10. The van der Waals surface area contributed by atoms with Gasteiger partial charge in [0.1, 0.15) is 13.0 Å². The minimum atomic E-state index is -1.24. The summed E-state index contributed by atoms with van der Waals surface area (Å²) in [7, 11) is 0. The average Bonchev–Trinajstić information content (AvgIpc) is 2.62. The van der Waals surface area contributed by atoms with Gasteiger partial charge in [0.2, 0.25) is 0 Å². The van der Waals surface area contributed by atoms with E-state index in [4.69, 9.17) is 45.6 Å². The van der Waals surface area contributed by atoms with Crippen LogP contribution in [0.25, 0.3) is 0 Å². The predicted octanol–water partition coefficient (Wildman–Crippen LogP) is -4.05. The molecule has 25 heavy (non-hydrogen) atoms. The number of Topliss-reactive ketones (excluding diaryl/α,β-unsaturated/α-hetero) is 1. The summed E-state index contributed by atoms with van der Waals surface area (Å²) in [6.45, 7) is -3.75. The molecule has 0 amide bonds. The van der Waals surface area contributed by atoms with Gasteiger partial charge in [0, 0.05) is 0 Å². The van der Waals surface area contributed by atoms with Gasteiger partial charge in [-0.2, -0.15) is 0 Å². The highest BCUT2D eigenvalue weighted by molar-refractivity contribution is 5.95. The molecule has 0 aliphatic heterocycles. The van der Waals surface area contributed by atoms with Gasteiger partial charge in [-0.3, -0.25) is 9.59 Å². The lowest BCUT2D eigenvalue weighted by Gasteiger charge is -2.26. The van der Waals surface area contributed by atoms with Crippen LogP contribution in [0.3, 0.4) is 0 Å². The highest BCUT2D eigenvalue weighted by Gasteiger charge is 2.29. The van der Waals surface area contributed by atoms with Gasteiger partial charge >= 0.3 is 5.97 Å². The molecule has 0 unspecified atom stereocenters. The van der Waals surface area contributed by atoms with Gasteiger partial charge in [-0.05, 0) is 0 Å². The number of aliphatic hydroxyl groups excluding tert-OH is 7. The molecule has 0 atom stereocenters. The van der Waals surface area contributed by atoms with E-state index < -0.39 is 81.9 Å². The average molecular weight is 372 g/mol. The number of carbonyl (C=O) groups is 2. The second-order valence-electron chi connectivity index (χ2n) is 5.71. The summed E-state index contributed by atoms with van der Waals surface area (Å²) in [5.74, 6) is -1.86. The molecular formula is C14H28O11. The maximum atomic E-state index is 10.9. The van der Waals surface area contributed by atoms with Crippen LogP contribution < -0.4 is 0 Å². The Morgan fingerprint density at radius 2 is 1.04 bits per heavy atom. The Morgan fingerprint density at radius 1 is 0.680 bits per heavy atom. The Balaban J connectivity index is 0. The first kappa shape index (κ1) is 26.1. The van der Waals surface area contributed by atoms with Crippen LogP contribution in [0.15, 0.2) is 0 Å². The Labute approximate surface area is 144 Å². The van der Waals surface area contributed by atoms with Crippen LogP contribution in [0.4, 0.5) is 0 Å². The molecule has 0 radical (unpaired) electrons. The van der Waals surface area contributed by atoms with Crippen molar-refractivity contribution in [3.8, 4) is 0 Å². The maximum Gasteiger partial charge on any atom is 0.310 e. The third-order valence-electron chi connectivity index (χ3n) is 3.37. The fourth-order valence-electron chi connectivity index (χ4n) is 1.19. The molecule has 0 heterocycles. The van der Waals surface area contributed by atoms with Gasteiger partial charge in [0.25, 0.3) is 0 Å². The van der Waals surface area contributed by atoms with Crippen molar-refractivity contribution in [3.05, 3.63) is 0 Å². The number of aliphatic carboxylic acids is 1. The van der Waals surface area contributed by atoms with Crippen molar-refractivity contribution in [2.24, 2.45) is 10.8 Å². The van der Waals surface area contributed by atoms with Crippen molar-refractivity contribution >= 4 is 11.8 Å². The van der Waals surface area contributed by atoms with Crippen molar-refractivity contribution in [2.45, 2.75) is 6.42 Å². The highest BCUT2D eigenvalue weighted by Crippen LogP contribution is 2.15.